The van der Waals surface area contributed by atoms with Gasteiger partial charge in [-0.05, 0) is 35.6 Å². The van der Waals surface area contributed by atoms with Gasteiger partial charge in [-0.25, -0.2) is 4.79 Å². The highest BCUT2D eigenvalue weighted by Crippen LogP contribution is 2.31. The Kier molecular flexibility index (Phi) is 3.82. The smallest absolute Gasteiger partial charge is 0.336 e. The third-order valence-corrected chi connectivity index (χ3v) is 4.04. The van der Waals surface area contributed by atoms with E-state index in [-0.39, 0.29) is 0 Å². The average molecular weight is 260 g/mol. The van der Waals surface area contributed by atoms with Crippen LogP contribution in [0.4, 0.5) is 0 Å². The van der Waals surface area contributed by atoms with Gasteiger partial charge in [0.1, 0.15) is 0 Å². The molecule has 1 heterocycles. The summed E-state index contributed by atoms with van der Waals surface area (Å²) in [6.45, 7) is 4.25. The van der Waals surface area contributed by atoms with Crippen LogP contribution in [0.15, 0.2) is 29.6 Å². The van der Waals surface area contributed by atoms with Crippen LogP contribution in [0.5, 0.6) is 0 Å². The number of carbonyl (C=O) groups is 1. The summed E-state index contributed by atoms with van der Waals surface area (Å²) in [5, 5.41) is 10.7. The van der Waals surface area contributed by atoms with Gasteiger partial charge in [0.25, 0.3) is 0 Å². The molecule has 1 aromatic heterocycles. The van der Waals surface area contributed by atoms with Gasteiger partial charge in [0.05, 0.1) is 5.56 Å². The zero-order valence-electron chi connectivity index (χ0n) is 10.6. The van der Waals surface area contributed by atoms with E-state index >= 15 is 0 Å². The highest BCUT2D eigenvalue weighted by Gasteiger charge is 2.11. The Morgan fingerprint density at radius 1 is 1.22 bits per heavy atom. The van der Waals surface area contributed by atoms with Crippen LogP contribution in [0.3, 0.4) is 0 Å². The molecule has 2 rings (SSSR count). The fourth-order valence-electron chi connectivity index (χ4n) is 1.97. The highest BCUT2D eigenvalue weighted by molar-refractivity contribution is 7.13. The molecular weight excluding hydrogens is 244 g/mol. The number of carboxylic acids is 1. The van der Waals surface area contributed by atoms with E-state index in [4.69, 9.17) is 5.11 Å². The molecule has 0 aliphatic rings. The Morgan fingerprint density at radius 2 is 2.00 bits per heavy atom. The first kappa shape index (κ1) is 12.8. The van der Waals surface area contributed by atoms with Crippen LogP contribution in [-0.2, 0) is 12.8 Å². The lowest BCUT2D eigenvalue weighted by atomic mass is 9.99. The predicted octanol–water partition coefficient (Wildman–Crippen LogP) is 4.24. The van der Waals surface area contributed by atoms with Crippen molar-refractivity contribution in [2.75, 3.05) is 0 Å². The number of aryl methyl sites for hydroxylation is 2. The van der Waals surface area contributed by atoms with E-state index in [9.17, 15) is 4.79 Å². The van der Waals surface area contributed by atoms with Crippen molar-refractivity contribution in [1.82, 2.24) is 0 Å². The average Bonchev–Trinajstić information content (AvgIpc) is 2.87. The number of hydrogen-bond donors (Lipinski definition) is 1. The molecule has 0 radical (unpaired) electrons. The maximum Gasteiger partial charge on any atom is 0.336 e. The molecule has 0 spiro atoms. The van der Waals surface area contributed by atoms with Gasteiger partial charge in [-0.1, -0.05) is 32.0 Å². The predicted molar refractivity (Wildman–Crippen MR) is 75.5 cm³/mol. The van der Waals surface area contributed by atoms with Crippen LogP contribution in [0.25, 0.3) is 10.4 Å². The van der Waals surface area contributed by atoms with E-state index in [2.05, 4.69) is 32.0 Å². The van der Waals surface area contributed by atoms with Crippen LogP contribution in [0.1, 0.15) is 35.3 Å². The number of thiophene rings is 1. The van der Waals surface area contributed by atoms with Crippen LogP contribution in [0.2, 0.25) is 0 Å². The first-order valence-corrected chi connectivity index (χ1v) is 6.97. The molecule has 2 nitrogen and oxygen atoms in total. The lowest BCUT2D eigenvalue weighted by Crippen LogP contribution is -1.92. The molecule has 1 N–H and O–H groups in total. The molecule has 0 atom stereocenters. The van der Waals surface area contributed by atoms with Gasteiger partial charge in [-0.15, -0.1) is 11.3 Å². The molecule has 0 aliphatic carbocycles. The second kappa shape index (κ2) is 5.36. The van der Waals surface area contributed by atoms with E-state index < -0.39 is 5.97 Å². The van der Waals surface area contributed by atoms with Gasteiger partial charge in [0.15, 0.2) is 0 Å². The van der Waals surface area contributed by atoms with Gasteiger partial charge in [-0.2, -0.15) is 0 Å². The normalized spacial score (nSPS) is 10.6. The number of aromatic carboxylic acids is 1. The first-order chi connectivity index (χ1) is 8.65. The maximum absolute atomic E-state index is 10.9. The maximum atomic E-state index is 10.9. The van der Waals surface area contributed by atoms with E-state index in [1.807, 2.05) is 0 Å². The molecule has 0 bridgehead atoms. The summed E-state index contributed by atoms with van der Waals surface area (Å²) in [5.74, 6) is -0.859. The molecule has 1 aromatic carbocycles. The Bertz CT molecular complexity index is 570. The number of hydrogen-bond acceptors (Lipinski definition) is 2. The van der Waals surface area contributed by atoms with Crippen molar-refractivity contribution in [3.05, 3.63) is 46.3 Å². The fourth-order valence-corrected chi connectivity index (χ4v) is 2.91. The topological polar surface area (TPSA) is 37.3 Å². The number of carboxylic acid groups (broad SMARTS) is 1. The van der Waals surface area contributed by atoms with Crippen molar-refractivity contribution in [2.45, 2.75) is 26.7 Å². The molecule has 3 heteroatoms. The summed E-state index contributed by atoms with van der Waals surface area (Å²) >= 11 is 1.50. The van der Waals surface area contributed by atoms with Crippen molar-refractivity contribution in [1.29, 1.82) is 0 Å². The van der Waals surface area contributed by atoms with Crippen molar-refractivity contribution < 1.29 is 9.90 Å². The second-order valence-electron chi connectivity index (χ2n) is 4.20. The Morgan fingerprint density at radius 3 is 2.56 bits per heavy atom. The monoisotopic (exact) mass is 260 g/mol. The fraction of sp³-hybridized carbons (Fsp3) is 0.267. The minimum atomic E-state index is -0.859. The van der Waals surface area contributed by atoms with E-state index in [1.54, 1.807) is 11.4 Å². The van der Waals surface area contributed by atoms with Crippen molar-refractivity contribution in [3.63, 3.8) is 0 Å². The summed E-state index contributed by atoms with van der Waals surface area (Å²) < 4.78 is 0. The zero-order chi connectivity index (χ0) is 13.1. The summed E-state index contributed by atoms with van der Waals surface area (Å²) in [6, 6.07) is 8.24. The number of benzene rings is 1. The summed E-state index contributed by atoms with van der Waals surface area (Å²) in [6.07, 6.45) is 1.95. The van der Waals surface area contributed by atoms with Gasteiger partial charge in [0.2, 0.25) is 0 Å². The van der Waals surface area contributed by atoms with E-state index in [0.29, 0.717) is 5.56 Å². The third kappa shape index (κ3) is 2.46. The number of rotatable bonds is 4. The molecule has 18 heavy (non-hydrogen) atoms. The third-order valence-electron chi connectivity index (χ3n) is 3.08. The minimum Gasteiger partial charge on any atom is -0.478 e. The molecule has 0 aliphatic heterocycles. The van der Waals surface area contributed by atoms with Gasteiger partial charge in [-0.3, -0.25) is 0 Å². The summed E-state index contributed by atoms with van der Waals surface area (Å²) in [5.41, 5.74) is 4.10. The molecule has 0 saturated heterocycles. The summed E-state index contributed by atoms with van der Waals surface area (Å²) in [7, 11) is 0. The zero-order valence-corrected chi connectivity index (χ0v) is 11.4. The van der Waals surface area contributed by atoms with Gasteiger partial charge in [0, 0.05) is 10.3 Å². The Labute approximate surface area is 111 Å². The van der Waals surface area contributed by atoms with E-state index in [1.165, 1.54) is 28.0 Å². The van der Waals surface area contributed by atoms with Crippen molar-refractivity contribution in [3.8, 4) is 10.4 Å². The molecule has 94 valence electrons. The van der Waals surface area contributed by atoms with Crippen LogP contribution in [-0.4, -0.2) is 11.1 Å². The molecule has 0 saturated carbocycles. The molecule has 0 unspecified atom stereocenters. The highest BCUT2D eigenvalue weighted by atomic mass is 32.1. The van der Waals surface area contributed by atoms with Crippen LogP contribution >= 0.6 is 11.3 Å². The lowest BCUT2D eigenvalue weighted by molar-refractivity contribution is 0.0697. The van der Waals surface area contributed by atoms with E-state index in [0.717, 1.165) is 17.7 Å². The Hall–Kier alpha value is -1.61. The minimum absolute atomic E-state index is 0.374. The molecule has 0 fully saturated rings. The van der Waals surface area contributed by atoms with Crippen LogP contribution < -0.4 is 0 Å². The lowest BCUT2D eigenvalue weighted by Gasteiger charge is -2.08. The standard InChI is InChI=1S/C15H16O2S/c1-3-10-5-6-11(4-2)13(7-10)14-8-12(9-18-14)15(16)17/h5-9H,3-4H2,1-2H3,(H,16,17). The van der Waals surface area contributed by atoms with Gasteiger partial charge >= 0.3 is 5.97 Å². The first-order valence-electron chi connectivity index (χ1n) is 6.09. The van der Waals surface area contributed by atoms with Gasteiger partial charge < -0.3 is 5.11 Å². The molecule has 0 amide bonds. The molecule has 2 aromatic rings. The van der Waals surface area contributed by atoms with Crippen LogP contribution in [0, 0.1) is 0 Å². The van der Waals surface area contributed by atoms with Crippen molar-refractivity contribution >= 4 is 17.3 Å². The largest absolute Gasteiger partial charge is 0.478 e. The van der Waals surface area contributed by atoms with Crippen molar-refractivity contribution in [2.24, 2.45) is 0 Å². The second-order valence-corrected chi connectivity index (χ2v) is 5.11. The quantitative estimate of drug-likeness (QED) is 0.892. The Balaban J connectivity index is 2.50. The SMILES string of the molecule is CCc1ccc(CC)c(-c2cc(C(=O)O)cs2)c1. The molecular formula is C15H16O2S. The summed E-state index contributed by atoms with van der Waals surface area (Å²) in [4.78, 5) is 12.0.